The van der Waals surface area contributed by atoms with E-state index in [-0.39, 0.29) is 23.0 Å². The lowest BCUT2D eigenvalue weighted by Crippen LogP contribution is -2.41. The molecule has 2 N–H and O–H groups in total. The molecule has 162 valence electrons. The van der Waals surface area contributed by atoms with E-state index in [4.69, 9.17) is 4.74 Å². The van der Waals surface area contributed by atoms with Gasteiger partial charge in [-0.1, -0.05) is 24.3 Å². The van der Waals surface area contributed by atoms with E-state index in [1.165, 1.54) is 13.2 Å². The third kappa shape index (κ3) is 3.02. The highest BCUT2D eigenvalue weighted by atomic mass is 19.1. The third-order valence-corrected chi connectivity index (χ3v) is 6.46. The summed E-state index contributed by atoms with van der Waals surface area (Å²) in [4.78, 5) is 15.6. The molecule has 2 fully saturated rings. The van der Waals surface area contributed by atoms with E-state index in [0.717, 1.165) is 36.8 Å². The Balaban J connectivity index is 1.56. The molecule has 2 aliphatic heterocycles. The summed E-state index contributed by atoms with van der Waals surface area (Å²) in [5.41, 5.74) is 0.811. The number of hydrogen-bond donors (Lipinski definition) is 2. The molecule has 2 atom stereocenters. The highest BCUT2D eigenvalue weighted by Gasteiger charge is 2.34. The van der Waals surface area contributed by atoms with E-state index >= 15 is 4.39 Å². The van der Waals surface area contributed by atoms with E-state index in [9.17, 15) is 5.11 Å². The van der Waals surface area contributed by atoms with Gasteiger partial charge in [0.05, 0.1) is 12.5 Å². The second kappa shape index (κ2) is 7.27. The zero-order valence-corrected chi connectivity index (χ0v) is 17.5. The topological polar surface area (TPSA) is 83.4 Å². The van der Waals surface area contributed by atoms with Crippen LogP contribution in [0.2, 0.25) is 0 Å². The number of aromatic nitrogens is 3. The molecule has 2 saturated heterocycles. The van der Waals surface area contributed by atoms with Gasteiger partial charge in [-0.05, 0) is 35.2 Å². The normalized spacial score (nSPS) is 20.2. The van der Waals surface area contributed by atoms with Crippen LogP contribution >= 0.6 is 0 Å². The van der Waals surface area contributed by atoms with Crippen LogP contribution in [0.4, 0.5) is 10.2 Å². The lowest BCUT2D eigenvalue weighted by atomic mass is 9.99. The van der Waals surface area contributed by atoms with Crippen molar-refractivity contribution in [3.8, 4) is 23.0 Å². The number of ether oxygens (including phenoxy) is 1. The van der Waals surface area contributed by atoms with Crippen LogP contribution in [0.25, 0.3) is 32.9 Å². The lowest BCUT2D eigenvalue weighted by Gasteiger charge is -2.32. The molecule has 0 saturated carbocycles. The van der Waals surface area contributed by atoms with Crippen molar-refractivity contribution < 1.29 is 14.2 Å². The Bertz CT molecular complexity index is 1350. The van der Waals surface area contributed by atoms with Gasteiger partial charge in [-0.3, -0.25) is 4.98 Å². The van der Waals surface area contributed by atoms with E-state index in [2.05, 4.69) is 25.2 Å². The second-order valence-corrected chi connectivity index (χ2v) is 8.54. The number of nitrogens with zero attached hydrogens (tertiary/aromatic N) is 4. The first-order valence-corrected chi connectivity index (χ1v) is 10.7. The van der Waals surface area contributed by atoms with E-state index in [1.807, 2.05) is 24.3 Å². The smallest absolute Gasteiger partial charge is 0.318 e. The van der Waals surface area contributed by atoms with Gasteiger partial charge < -0.3 is 20.1 Å². The molecule has 4 aromatic rings. The average molecular weight is 431 g/mol. The van der Waals surface area contributed by atoms with Crippen molar-refractivity contribution in [2.45, 2.75) is 12.5 Å². The van der Waals surface area contributed by atoms with Gasteiger partial charge in [0, 0.05) is 37.4 Å². The number of pyridine rings is 1. The minimum absolute atomic E-state index is 0.0530. The quantitative estimate of drug-likeness (QED) is 0.514. The average Bonchev–Trinajstić information content (AvgIpc) is 3.15. The number of methoxy groups -OCH3 is 1. The maximum Gasteiger partial charge on any atom is 0.318 e. The molecule has 0 aliphatic carbocycles. The van der Waals surface area contributed by atoms with Gasteiger partial charge in [0.1, 0.15) is 22.8 Å². The fourth-order valence-corrected chi connectivity index (χ4v) is 5.04. The number of anilines is 1. The maximum atomic E-state index is 15.9. The standard InChI is InChI=1S/C24H22FN5O2/c1-32-24-28-22-19(23(29-24)30-11-13-6-15(12-30)26-9-13)10-27-21(20(22)25)18-8-16(31)7-14-4-2-3-5-17(14)18/h2-5,7-8,10,13,15,26,31H,6,9,11-12H2,1H3. The molecule has 0 spiro atoms. The Morgan fingerprint density at radius 1 is 1.16 bits per heavy atom. The second-order valence-electron chi connectivity index (χ2n) is 8.54. The summed E-state index contributed by atoms with van der Waals surface area (Å²) >= 11 is 0. The van der Waals surface area contributed by atoms with E-state index < -0.39 is 5.82 Å². The zero-order chi connectivity index (χ0) is 21.8. The molecule has 2 aromatic carbocycles. The molecule has 2 bridgehead atoms. The Labute approximate surface area is 183 Å². The molecule has 4 heterocycles. The van der Waals surface area contributed by atoms with Gasteiger partial charge >= 0.3 is 6.01 Å². The molecular formula is C24H22FN5O2. The van der Waals surface area contributed by atoms with Gasteiger partial charge in [-0.2, -0.15) is 9.97 Å². The predicted octanol–water partition coefficient (Wildman–Crippen LogP) is 3.50. The number of fused-ring (bicyclic) bond motifs is 4. The minimum atomic E-state index is -0.557. The molecule has 2 aromatic heterocycles. The third-order valence-electron chi connectivity index (χ3n) is 6.46. The predicted molar refractivity (Wildman–Crippen MR) is 121 cm³/mol. The fraction of sp³-hybridized carbons (Fsp3) is 0.292. The first-order valence-electron chi connectivity index (χ1n) is 10.7. The zero-order valence-electron chi connectivity index (χ0n) is 17.5. The summed E-state index contributed by atoms with van der Waals surface area (Å²) in [5.74, 6) is 0.681. The molecule has 0 radical (unpaired) electrons. The van der Waals surface area contributed by atoms with E-state index in [0.29, 0.717) is 28.7 Å². The molecule has 6 rings (SSSR count). The lowest BCUT2D eigenvalue weighted by molar-refractivity contribution is 0.380. The largest absolute Gasteiger partial charge is 0.508 e. The van der Waals surface area contributed by atoms with Gasteiger partial charge in [0.25, 0.3) is 0 Å². The summed E-state index contributed by atoms with van der Waals surface area (Å²) in [6.07, 6.45) is 2.78. The number of aromatic hydroxyl groups is 1. The van der Waals surface area contributed by atoms with Crippen LogP contribution in [0.1, 0.15) is 6.42 Å². The van der Waals surface area contributed by atoms with Crippen LogP contribution < -0.4 is 15.0 Å². The highest BCUT2D eigenvalue weighted by molar-refractivity contribution is 5.99. The molecule has 8 heteroatoms. The van der Waals surface area contributed by atoms with Crippen LogP contribution in [-0.2, 0) is 0 Å². The first kappa shape index (κ1) is 19.2. The number of phenolic OH excluding ortho intramolecular Hbond substituents is 1. The van der Waals surface area contributed by atoms with Gasteiger partial charge in [-0.25, -0.2) is 4.39 Å². The van der Waals surface area contributed by atoms with Crippen molar-refractivity contribution >= 4 is 27.5 Å². The van der Waals surface area contributed by atoms with Gasteiger partial charge in [0.15, 0.2) is 5.82 Å². The van der Waals surface area contributed by atoms with E-state index in [1.54, 1.807) is 12.3 Å². The summed E-state index contributed by atoms with van der Waals surface area (Å²) < 4.78 is 21.2. The van der Waals surface area contributed by atoms with Gasteiger partial charge in [-0.15, -0.1) is 0 Å². The van der Waals surface area contributed by atoms with Crippen LogP contribution in [-0.4, -0.2) is 52.8 Å². The number of benzene rings is 2. The summed E-state index contributed by atoms with van der Waals surface area (Å²) in [5, 5.41) is 15.9. The number of nitrogens with one attached hydrogen (secondary N) is 1. The van der Waals surface area contributed by atoms with Crippen LogP contribution in [0.5, 0.6) is 11.8 Å². The Kier molecular flexibility index (Phi) is 4.36. The number of rotatable bonds is 3. The van der Waals surface area contributed by atoms with Crippen LogP contribution in [0.15, 0.2) is 42.6 Å². The first-order chi connectivity index (χ1) is 15.6. The molecule has 2 aliphatic rings. The molecule has 32 heavy (non-hydrogen) atoms. The molecule has 0 amide bonds. The Hall–Kier alpha value is -3.52. The van der Waals surface area contributed by atoms with Gasteiger partial charge in [0.2, 0.25) is 0 Å². The number of halogens is 1. The van der Waals surface area contributed by atoms with Crippen molar-refractivity contribution in [1.29, 1.82) is 0 Å². The van der Waals surface area contributed by atoms with Crippen molar-refractivity contribution in [3.63, 3.8) is 0 Å². The fourth-order valence-electron chi connectivity index (χ4n) is 5.04. The Morgan fingerprint density at radius 3 is 2.88 bits per heavy atom. The summed E-state index contributed by atoms with van der Waals surface area (Å²) in [6, 6.07) is 11.2. The van der Waals surface area contributed by atoms with Crippen molar-refractivity contribution in [2.75, 3.05) is 31.6 Å². The summed E-state index contributed by atoms with van der Waals surface area (Å²) in [6.45, 7) is 2.63. The summed E-state index contributed by atoms with van der Waals surface area (Å²) in [7, 11) is 1.48. The monoisotopic (exact) mass is 431 g/mol. The van der Waals surface area contributed by atoms with Crippen molar-refractivity contribution in [3.05, 3.63) is 48.4 Å². The Morgan fingerprint density at radius 2 is 2.03 bits per heavy atom. The van der Waals surface area contributed by atoms with Crippen LogP contribution in [0.3, 0.4) is 0 Å². The number of hydrogen-bond acceptors (Lipinski definition) is 7. The molecular weight excluding hydrogens is 409 g/mol. The molecule has 7 nitrogen and oxygen atoms in total. The van der Waals surface area contributed by atoms with Crippen molar-refractivity contribution in [1.82, 2.24) is 20.3 Å². The SMILES string of the molecule is COc1nc(N2CC3CNC(C3)C2)c2cnc(-c3cc(O)cc4ccccc34)c(F)c2n1. The number of phenols is 1. The maximum absolute atomic E-state index is 15.9. The minimum Gasteiger partial charge on any atom is -0.508 e. The van der Waals surface area contributed by atoms with Crippen LogP contribution in [0, 0.1) is 11.7 Å². The molecule has 2 unspecified atom stereocenters. The van der Waals surface area contributed by atoms with Crippen molar-refractivity contribution in [2.24, 2.45) is 5.92 Å². The highest BCUT2D eigenvalue weighted by Crippen LogP contribution is 2.37. The number of piperidine rings is 1.